The first kappa shape index (κ1) is 14.9. The first-order valence-electron chi connectivity index (χ1n) is 6.80. The Labute approximate surface area is 120 Å². The van der Waals surface area contributed by atoms with E-state index in [1.807, 2.05) is 25.1 Å². The summed E-state index contributed by atoms with van der Waals surface area (Å²) in [7, 11) is -3.23. The molecule has 1 fully saturated rings. The van der Waals surface area contributed by atoms with E-state index in [2.05, 4.69) is 4.98 Å². The minimum absolute atomic E-state index is 0.0640. The fraction of sp³-hybridized carbons (Fsp3) is 0.571. The van der Waals surface area contributed by atoms with Crippen molar-refractivity contribution in [3.05, 3.63) is 29.6 Å². The fourth-order valence-electron chi connectivity index (χ4n) is 2.47. The Bertz CT molecular complexity index is 607. The summed E-state index contributed by atoms with van der Waals surface area (Å²) >= 11 is 0. The summed E-state index contributed by atoms with van der Waals surface area (Å²) in [6.07, 6.45) is 3.28. The van der Waals surface area contributed by atoms with Crippen molar-refractivity contribution in [2.45, 2.75) is 32.1 Å². The number of hydrogen-bond acceptors (Lipinski definition) is 4. The lowest BCUT2D eigenvalue weighted by molar-refractivity contribution is 0.471. The van der Waals surface area contributed by atoms with Crippen molar-refractivity contribution in [3.8, 4) is 6.07 Å². The smallest absolute Gasteiger partial charge is 0.214 e. The summed E-state index contributed by atoms with van der Waals surface area (Å²) in [6, 6.07) is 5.94. The second-order valence-corrected chi connectivity index (χ2v) is 7.27. The molecule has 5 nitrogen and oxygen atoms in total. The van der Waals surface area contributed by atoms with Crippen LogP contribution in [0.5, 0.6) is 0 Å². The molecule has 1 atom stereocenters. The molecule has 0 aromatic carbocycles. The predicted molar refractivity (Wildman–Crippen MR) is 76.5 cm³/mol. The highest BCUT2D eigenvalue weighted by atomic mass is 32.2. The maximum atomic E-state index is 12.1. The first-order valence-corrected chi connectivity index (χ1v) is 8.41. The third-order valence-electron chi connectivity index (χ3n) is 3.59. The molecule has 108 valence electrons. The molecule has 20 heavy (non-hydrogen) atoms. The molecule has 0 aliphatic carbocycles. The Morgan fingerprint density at radius 2 is 2.35 bits per heavy atom. The molecule has 0 radical (unpaired) electrons. The summed E-state index contributed by atoms with van der Waals surface area (Å²) in [5.41, 5.74) is 2.12. The third-order valence-corrected chi connectivity index (χ3v) is 5.51. The number of pyridine rings is 1. The number of nitriles is 1. The van der Waals surface area contributed by atoms with Gasteiger partial charge in [-0.1, -0.05) is 0 Å². The monoisotopic (exact) mass is 293 g/mol. The van der Waals surface area contributed by atoms with Crippen LogP contribution < -0.4 is 0 Å². The van der Waals surface area contributed by atoms with E-state index in [0.717, 1.165) is 17.7 Å². The fourth-order valence-corrected chi connectivity index (χ4v) is 4.03. The molecule has 0 saturated carbocycles. The number of sulfonamides is 1. The van der Waals surface area contributed by atoms with E-state index in [4.69, 9.17) is 5.26 Å². The van der Waals surface area contributed by atoms with Gasteiger partial charge in [-0.05, 0) is 37.5 Å². The molecule has 0 bridgehead atoms. The number of aromatic nitrogens is 1. The summed E-state index contributed by atoms with van der Waals surface area (Å²) in [4.78, 5) is 4.35. The van der Waals surface area contributed by atoms with Crippen LogP contribution in [0.3, 0.4) is 0 Å². The average molecular weight is 293 g/mol. The minimum atomic E-state index is -3.23. The van der Waals surface area contributed by atoms with Gasteiger partial charge in [0.2, 0.25) is 10.0 Å². The second-order valence-electron chi connectivity index (χ2n) is 5.18. The van der Waals surface area contributed by atoms with Crippen molar-refractivity contribution in [2.24, 2.45) is 0 Å². The highest BCUT2D eigenvalue weighted by Gasteiger charge is 2.32. The predicted octanol–water partition coefficient (Wildman–Crippen LogP) is 1.81. The Morgan fingerprint density at radius 1 is 1.55 bits per heavy atom. The van der Waals surface area contributed by atoms with Gasteiger partial charge in [-0.25, -0.2) is 12.7 Å². The molecular weight excluding hydrogens is 274 g/mol. The lowest BCUT2D eigenvalue weighted by atomic mass is 10.0. The maximum absolute atomic E-state index is 12.1. The summed E-state index contributed by atoms with van der Waals surface area (Å²) < 4.78 is 25.8. The Balaban J connectivity index is 2.00. The molecule has 6 heteroatoms. The van der Waals surface area contributed by atoms with Gasteiger partial charge < -0.3 is 0 Å². The quantitative estimate of drug-likeness (QED) is 0.776. The average Bonchev–Trinajstić information content (AvgIpc) is 2.89. The molecule has 2 rings (SSSR count). The number of aryl methyl sites for hydroxylation is 1. The lowest BCUT2D eigenvalue weighted by Crippen LogP contribution is -2.30. The molecule has 1 aliphatic heterocycles. The normalized spacial score (nSPS) is 19.9. The topological polar surface area (TPSA) is 74.1 Å². The van der Waals surface area contributed by atoms with Gasteiger partial charge in [0.05, 0.1) is 11.8 Å². The molecule has 2 heterocycles. The van der Waals surface area contributed by atoms with Crippen LogP contribution in [0, 0.1) is 18.3 Å². The highest BCUT2D eigenvalue weighted by Crippen LogP contribution is 2.28. The van der Waals surface area contributed by atoms with Crippen LogP contribution in [0.15, 0.2) is 18.3 Å². The third kappa shape index (κ3) is 3.56. The molecule has 0 spiro atoms. The lowest BCUT2D eigenvalue weighted by Gasteiger charge is -2.16. The van der Waals surface area contributed by atoms with Crippen molar-refractivity contribution < 1.29 is 8.42 Å². The van der Waals surface area contributed by atoms with Gasteiger partial charge in [-0.15, -0.1) is 0 Å². The number of nitrogens with zero attached hydrogens (tertiary/aromatic N) is 3. The van der Waals surface area contributed by atoms with Crippen molar-refractivity contribution in [3.63, 3.8) is 0 Å². The second kappa shape index (κ2) is 6.33. The van der Waals surface area contributed by atoms with Crippen LogP contribution in [0.25, 0.3) is 0 Å². The van der Waals surface area contributed by atoms with Gasteiger partial charge in [0.15, 0.2) is 0 Å². The van der Waals surface area contributed by atoms with Crippen LogP contribution in [0.4, 0.5) is 0 Å². The van der Waals surface area contributed by atoms with E-state index in [1.165, 1.54) is 0 Å². The zero-order chi connectivity index (χ0) is 14.6. The number of hydrogen-bond donors (Lipinski definition) is 0. The molecular formula is C14H19N3O2S. The van der Waals surface area contributed by atoms with Crippen LogP contribution in [0.2, 0.25) is 0 Å². The summed E-state index contributed by atoms with van der Waals surface area (Å²) in [6.45, 7) is 3.07. The highest BCUT2D eigenvalue weighted by molar-refractivity contribution is 7.89. The standard InChI is InChI=1S/C14H19N3O2S/c1-12-4-7-16-14(10-12)13-5-8-17(11-13)20(18,19)9-3-2-6-15/h4,7,10,13H,2-3,5,8-9,11H2,1H3. The largest absolute Gasteiger partial charge is 0.261 e. The van der Waals surface area contributed by atoms with E-state index in [9.17, 15) is 8.42 Å². The zero-order valence-electron chi connectivity index (χ0n) is 11.6. The van der Waals surface area contributed by atoms with Crippen LogP contribution >= 0.6 is 0 Å². The van der Waals surface area contributed by atoms with Gasteiger partial charge in [-0.2, -0.15) is 5.26 Å². The first-order chi connectivity index (χ1) is 9.53. The van der Waals surface area contributed by atoms with Gasteiger partial charge in [0.25, 0.3) is 0 Å². The van der Waals surface area contributed by atoms with Gasteiger partial charge in [0.1, 0.15) is 0 Å². The Hall–Kier alpha value is -1.45. The molecule has 0 amide bonds. The molecule has 1 unspecified atom stereocenters. The van der Waals surface area contributed by atoms with Crippen molar-refractivity contribution in [1.29, 1.82) is 5.26 Å². The Morgan fingerprint density at radius 3 is 3.05 bits per heavy atom. The van der Waals surface area contributed by atoms with Crippen LogP contribution in [-0.2, 0) is 10.0 Å². The molecule has 0 N–H and O–H groups in total. The van der Waals surface area contributed by atoms with Crippen molar-refractivity contribution in [1.82, 2.24) is 9.29 Å². The maximum Gasteiger partial charge on any atom is 0.214 e. The van der Waals surface area contributed by atoms with E-state index < -0.39 is 10.0 Å². The van der Waals surface area contributed by atoms with E-state index in [0.29, 0.717) is 19.5 Å². The molecule has 1 aliphatic rings. The van der Waals surface area contributed by atoms with Crippen molar-refractivity contribution >= 4 is 10.0 Å². The van der Waals surface area contributed by atoms with E-state index in [-0.39, 0.29) is 18.1 Å². The molecule has 1 aromatic heterocycles. The number of rotatable bonds is 5. The van der Waals surface area contributed by atoms with E-state index >= 15 is 0 Å². The zero-order valence-corrected chi connectivity index (χ0v) is 12.4. The van der Waals surface area contributed by atoms with Crippen LogP contribution in [-0.4, -0.2) is 36.5 Å². The molecule has 1 saturated heterocycles. The SMILES string of the molecule is Cc1ccnc(C2CCN(S(=O)(=O)CCCC#N)C2)c1. The van der Waals surface area contributed by atoms with Crippen LogP contribution in [0.1, 0.15) is 36.4 Å². The summed E-state index contributed by atoms with van der Waals surface area (Å²) in [5, 5.41) is 8.48. The molecule has 1 aromatic rings. The van der Waals surface area contributed by atoms with Crippen molar-refractivity contribution in [2.75, 3.05) is 18.8 Å². The summed E-state index contributed by atoms with van der Waals surface area (Å²) in [5.74, 6) is 0.245. The number of unbranched alkanes of at least 4 members (excludes halogenated alkanes) is 1. The van der Waals surface area contributed by atoms with Gasteiger partial charge in [-0.3, -0.25) is 4.98 Å². The Kier molecular flexibility index (Phi) is 4.73. The van der Waals surface area contributed by atoms with E-state index in [1.54, 1.807) is 10.5 Å². The van der Waals surface area contributed by atoms with Gasteiger partial charge in [0, 0.05) is 37.3 Å². The van der Waals surface area contributed by atoms with Gasteiger partial charge >= 0.3 is 0 Å². The minimum Gasteiger partial charge on any atom is -0.261 e.